The Labute approximate surface area is 106 Å². The zero-order valence-corrected chi connectivity index (χ0v) is 9.72. The standard InChI is InChI=1S/C14H10O2.ClH/c15-9-11-4-6-13(7-5-11)14-3-1-2-12(8-14)10-16;/h1-10H;1H/p-1. The van der Waals surface area contributed by atoms with E-state index in [2.05, 4.69) is 0 Å². The van der Waals surface area contributed by atoms with Crippen LogP contribution in [-0.2, 0) is 0 Å². The second-order valence-electron chi connectivity index (χ2n) is 3.48. The van der Waals surface area contributed by atoms with Gasteiger partial charge >= 0.3 is 0 Å². The van der Waals surface area contributed by atoms with E-state index >= 15 is 0 Å². The number of rotatable bonds is 3. The summed E-state index contributed by atoms with van der Waals surface area (Å²) in [6.07, 6.45) is 1.63. The molecular weight excluding hydrogens is 236 g/mol. The van der Waals surface area contributed by atoms with Gasteiger partial charge in [-0.05, 0) is 17.2 Å². The van der Waals surface area contributed by atoms with Crippen molar-refractivity contribution in [1.82, 2.24) is 0 Å². The van der Waals surface area contributed by atoms with Gasteiger partial charge in [-0.2, -0.15) is 0 Å². The number of benzene rings is 2. The lowest BCUT2D eigenvalue weighted by Gasteiger charge is -2.02. The molecule has 0 aliphatic rings. The summed E-state index contributed by atoms with van der Waals surface area (Å²) in [5, 5.41) is 0. The van der Waals surface area contributed by atoms with E-state index in [0.717, 1.165) is 23.7 Å². The molecule has 17 heavy (non-hydrogen) atoms. The first-order valence-corrected chi connectivity index (χ1v) is 4.94. The summed E-state index contributed by atoms with van der Waals surface area (Å²) >= 11 is 0. The van der Waals surface area contributed by atoms with Crippen LogP contribution in [0.25, 0.3) is 11.1 Å². The predicted octanol–water partition coefficient (Wildman–Crippen LogP) is -0.0174. The van der Waals surface area contributed by atoms with Gasteiger partial charge in [0.05, 0.1) is 0 Å². The van der Waals surface area contributed by atoms with Gasteiger partial charge in [-0.3, -0.25) is 9.59 Å². The smallest absolute Gasteiger partial charge is 0.150 e. The summed E-state index contributed by atoms with van der Waals surface area (Å²) in [6.45, 7) is 0. The third-order valence-corrected chi connectivity index (χ3v) is 2.40. The van der Waals surface area contributed by atoms with E-state index in [4.69, 9.17) is 0 Å². The van der Waals surface area contributed by atoms with Crippen molar-refractivity contribution in [1.29, 1.82) is 0 Å². The average Bonchev–Trinajstić information content (AvgIpc) is 2.39. The molecule has 86 valence electrons. The monoisotopic (exact) mass is 245 g/mol. The molecule has 3 heteroatoms. The largest absolute Gasteiger partial charge is 1.00 e. The van der Waals surface area contributed by atoms with E-state index in [1.54, 1.807) is 18.2 Å². The molecule has 2 aromatic carbocycles. The number of hydrogen-bond donors (Lipinski definition) is 0. The fourth-order valence-electron chi connectivity index (χ4n) is 1.55. The number of aldehydes is 2. The second kappa shape index (κ2) is 5.97. The molecule has 0 heterocycles. The molecule has 2 nitrogen and oxygen atoms in total. The van der Waals surface area contributed by atoms with Crippen molar-refractivity contribution in [3.8, 4) is 11.1 Å². The second-order valence-corrected chi connectivity index (χ2v) is 3.48. The Kier molecular flexibility index (Phi) is 4.61. The van der Waals surface area contributed by atoms with Crippen LogP contribution in [0.3, 0.4) is 0 Å². The molecule has 2 aromatic rings. The van der Waals surface area contributed by atoms with Crippen LogP contribution in [0.4, 0.5) is 0 Å². The predicted molar refractivity (Wildman–Crippen MR) is 62.7 cm³/mol. The molecule has 0 radical (unpaired) electrons. The minimum Gasteiger partial charge on any atom is -1.00 e. The van der Waals surface area contributed by atoms with Gasteiger partial charge < -0.3 is 12.4 Å². The molecule has 0 aliphatic heterocycles. The molecule has 0 fully saturated rings. The molecule has 2 rings (SSSR count). The van der Waals surface area contributed by atoms with Crippen LogP contribution in [-0.4, -0.2) is 12.6 Å². The Bertz CT molecular complexity index is 518. The summed E-state index contributed by atoms with van der Waals surface area (Å²) in [4.78, 5) is 21.2. The summed E-state index contributed by atoms with van der Waals surface area (Å²) in [7, 11) is 0. The Morgan fingerprint density at radius 1 is 0.706 bits per heavy atom. The third kappa shape index (κ3) is 3.02. The van der Waals surface area contributed by atoms with Gasteiger partial charge in [-0.1, -0.05) is 42.5 Å². The summed E-state index contributed by atoms with van der Waals surface area (Å²) < 4.78 is 0. The molecule has 0 bridgehead atoms. The van der Waals surface area contributed by atoms with E-state index in [9.17, 15) is 9.59 Å². The molecule has 0 saturated heterocycles. The average molecular weight is 246 g/mol. The summed E-state index contributed by atoms with van der Waals surface area (Å²) in [6, 6.07) is 14.6. The van der Waals surface area contributed by atoms with Gasteiger partial charge in [0.2, 0.25) is 0 Å². The van der Waals surface area contributed by atoms with Gasteiger partial charge in [0.1, 0.15) is 12.6 Å². The van der Waals surface area contributed by atoms with E-state index < -0.39 is 0 Å². The lowest BCUT2D eigenvalue weighted by molar-refractivity contribution is -0.0000159. The van der Waals surface area contributed by atoms with E-state index in [1.807, 2.05) is 30.3 Å². The van der Waals surface area contributed by atoms with Crippen molar-refractivity contribution in [2.75, 3.05) is 0 Å². The quantitative estimate of drug-likeness (QED) is 0.713. The minimum absolute atomic E-state index is 0. The molecule has 0 aromatic heterocycles. The number of carbonyl (C=O) groups is 2. The van der Waals surface area contributed by atoms with E-state index in [1.165, 1.54) is 0 Å². The highest BCUT2D eigenvalue weighted by atomic mass is 35.5. The van der Waals surface area contributed by atoms with Crippen LogP contribution in [0.15, 0.2) is 48.5 Å². The zero-order chi connectivity index (χ0) is 11.4. The first-order valence-electron chi connectivity index (χ1n) is 4.94. The van der Waals surface area contributed by atoms with E-state index in [-0.39, 0.29) is 12.4 Å². The SMILES string of the molecule is O=Cc1ccc(-c2cccc(C=O)c2)cc1.[Cl-]. The number of halogens is 1. The maximum absolute atomic E-state index is 10.6. The molecule has 0 amide bonds. The Balaban J connectivity index is 0.00000144. The summed E-state index contributed by atoms with van der Waals surface area (Å²) in [5.41, 5.74) is 3.27. The molecule has 0 spiro atoms. The van der Waals surface area contributed by atoms with Crippen LogP contribution in [0.2, 0.25) is 0 Å². The van der Waals surface area contributed by atoms with Crippen molar-refractivity contribution in [2.24, 2.45) is 0 Å². The van der Waals surface area contributed by atoms with Crippen LogP contribution >= 0.6 is 0 Å². The number of hydrogen-bond acceptors (Lipinski definition) is 2. The summed E-state index contributed by atoms with van der Waals surface area (Å²) in [5.74, 6) is 0. The van der Waals surface area contributed by atoms with Gasteiger partial charge in [-0.25, -0.2) is 0 Å². The zero-order valence-electron chi connectivity index (χ0n) is 8.97. The van der Waals surface area contributed by atoms with Crippen LogP contribution in [0.1, 0.15) is 20.7 Å². The Morgan fingerprint density at radius 3 is 1.94 bits per heavy atom. The van der Waals surface area contributed by atoms with Crippen molar-refractivity contribution in [3.63, 3.8) is 0 Å². The molecule has 0 N–H and O–H groups in total. The van der Waals surface area contributed by atoms with E-state index in [0.29, 0.717) is 11.1 Å². The fraction of sp³-hybridized carbons (Fsp3) is 0. The molecule has 0 unspecified atom stereocenters. The Morgan fingerprint density at radius 2 is 1.35 bits per heavy atom. The highest BCUT2D eigenvalue weighted by molar-refractivity contribution is 5.80. The van der Waals surface area contributed by atoms with Gasteiger partial charge in [0.15, 0.2) is 0 Å². The van der Waals surface area contributed by atoms with Crippen molar-refractivity contribution in [2.45, 2.75) is 0 Å². The molecule has 0 saturated carbocycles. The van der Waals surface area contributed by atoms with Crippen molar-refractivity contribution in [3.05, 3.63) is 59.7 Å². The lowest BCUT2D eigenvalue weighted by Crippen LogP contribution is -3.00. The maximum Gasteiger partial charge on any atom is 0.150 e. The normalized spacial score (nSPS) is 9.18. The van der Waals surface area contributed by atoms with Crippen LogP contribution in [0.5, 0.6) is 0 Å². The third-order valence-electron chi connectivity index (χ3n) is 2.40. The lowest BCUT2D eigenvalue weighted by atomic mass is 10.0. The van der Waals surface area contributed by atoms with Crippen LogP contribution < -0.4 is 12.4 Å². The topological polar surface area (TPSA) is 34.1 Å². The van der Waals surface area contributed by atoms with Crippen LogP contribution in [0, 0.1) is 0 Å². The highest BCUT2D eigenvalue weighted by Gasteiger charge is 1.98. The van der Waals surface area contributed by atoms with Gasteiger partial charge in [0, 0.05) is 11.1 Å². The van der Waals surface area contributed by atoms with Gasteiger partial charge in [-0.15, -0.1) is 0 Å². The van der Waals surface area contributed by atoms with Gasteiger partial charge in [0.25, 0.3) is 0 Å². The highest BCUT2D eigenvalue weighted by Crippen LogP contribution is 2.20. The Hall–Kier alpha value is -1.93. The molecular formula is C14H10ClO2-. The fourth-order valence-corrected chi connectivity index (χ4v) is 1.55. The molecule has 0 aliphatic carbocycles. The first-order chi connectivity index (χ1) is 7.83. The maximum atomic E-state index is 10.6. The van der Waals surface area contributed by atoms with Crippen molar-refractivity contribution >= 4 is 12.6 Å². The van der Waals surface area contributed by atoms with Crippen molar-refractivity contribution < 1.29 is 22.0 Å². The number of carbonyl (C=O) groups excluding carboxylic acids is 2. The molecule has 0 atom stereocenters. The first kappa shape index (κ1) is 13.1. The minimum atomic E-state index is 0.